The highest BCUT2D eigenvalue weighted by Crippen LogP contribution is 2.39. The van der Waals surface area contributed by atoms with Gasteiger partial charge in [0, 0.05) is 41.0 Å². The highest BCUT2D eigenvalue weighted by atomic mass is 16.5. The van der Waals surface area contributed by atoms with Gasteiger partial charge in [-0.05, 0) is 87.9 Å². The van der Waals surface area contributed by atoms with Crippen molar-refractivity contribution in [2.24, 2.45) is 5.41 Å². The average Bonchev–Trinajstić information content (AvgIpc) is 2.87. The maximum Gasteiger partial charge on any atom is 0.260 e. The molecule has 0 atom stereocenters. The van der Waals surface area contributed by atoms with E-state index < -0.39 is 0 Å². The van der Waals surface area contributed by atoms with E-state index in [0.717, 1.165) is 87.5 Å². The van der Waals surface area contributed by atoms with Crippen molar-refractivity contribution in [3.63, 3.8) is 0 Å². The molecule has 4 heterocycles. The first-order valence-electron chi connectivity index (χ1n) is 14.2. The third-order valence-corrected chi connectivity index (χ3v) is 9.43. The lowest BCUT2D eigenvalue weighted by Gasteiger charge is -2.47. The lowest BCUT2D eigenvalue weighted by Crippen LogP contribution is -2.50. The molecule has 0 bridgehead atoms. The maximum atomic E-state index is 14.1. The summed E-state index contributed by atoms with van der Waals surface area (Å²) in [5.74, 6) is 0.608. The van der Waals surface area contributed by atoms with Crippen molar-refractivity contribution in [3.05, 3.63) is 40.3 Å². The highest BCUT2D eigenvalue weighted by Gasteiger charge is 2.41. The van der Waals surface area contributed by atoms with E-state index in [9.17, 15) is 9.90 Å². The van der Waals surface area contributed by atoms with Gasteiger partial charge < -0.3 is 15.2 Å². The van der Waals surface area contributed by atoms with Crippen LogP contribution in [0.2, 0.25) is 0 Å². The summed E-state index contributed by atoms with van der Waals surface area (Å²) >= 11 is 0. The number of aromatic nitrogens is 3. The second kappa shape index (κ2) is 9.33. The number of nitrogens with one attached hydrogen (secondary N) is 1. The Kier molecular flexibility index (Phi) is 5.94. The fourth-order valence-electron chi connectivity index (χ4n) is 6.66. The van der Waals surface area contributed by atoms with Gasteiger partial charge in [0.1, 0.15) is 5.65 Å². The number of hydrogen-bond acceptors (Lipinski definition) is 7. The number of anilines is 1. The smallest absolute Gasteiger partial charge is 0.260 e. The molecule has 8 heteroatoms. The van der Waals surface area contributed by atoms with E-state index in [4.69, 9.17) is 9.72 Å². The van der Waals surface area contributed by atoms with Gasteiger partial charge in [-0.15, -0.1) is 0 Å². The van der Waals surface area contributed by atoms with Crippen LogP contribution in [0.25, 0.3) is 21.8 Å². The summed E-state index contributed by atoms with van der Waals surface area (Å²) in [5.41, 5.74) is 2.35. The molecule has 0 amide bonds. The van der Waals surface area contributed by atoms with Crippen LogP contribution in [-0.4, -0.2) is 63.0 Å². The molecule has 2 aromatic heterocycles. The molecule has 196 valence electrons. The summed E-state index contributed by atoms with van der Waals surface area (Å²) in [4.78, 5) is 26.2. The van der Waals surface area contributed by atoms with E-state index >= 15 is 0 Å². The number of fused-ring (bicyclic) bond motifs is 3. The molecule has 2 aliphatic carbocycles. The summed E-state index contributed by atoms with van der Waals surface area (Å²) in [5, 5.41) is 16.2. The molecule has 1 spiro atoms. The van der Waals surface area contributed by atoms with Gasteiger partial charge in [0.05, 0.1) is 19.3 Å². The molecule has 4 aliphatic rings. The zero-order valence-corrected chi connectivity index (χ0v) is 21.5. The molecule has 0 unspecified atom stereocenters. The molecule has 2 saturated heterocycles. The van der Waals surface area contributed by atoms with Crippen LogP contribution < -0.4 is 10.9 Å². The third-order valence-electron chi connectivity index (χ3n) is 9.43. The van der Waals surface area contributed by atoms with Crippen molar-refractivity contribution in [1.82, 2.24) is 19.4 Å². The normalized spacial score (nSPS) is 26.3. The Hall–Kier alpha value is -2.55. The van der Waals surface area contributed by atoms with E-state index in [-0.39, 0.29) is 17.7 Å². The van der Waals surface area contributed by atoms with E-state index in [1.807, 2.05) is 10.8 Å². The average molecular weight is 504 g/mol. The van der Waals surface area contributed by atoms with Gasteiger partial charge in [-0.1, -0.05) is 12.1 Å². The van der Waals surface area contributed by atoms with Crippen LogP contribution in [0.1, 0.15) is 69.4 Å². The summed E-state index contributed by atoms with van der Waals surface area (Å²) < 4.78 is 7.40. The maximum absolute atomic E-state index is 14.1. The van der Waals surface area contributed by atoms with Crippen molar-refractivity contribution in [3.8, 4) is 0 Å². The van der Waals surface area contributed by atoms with Crippen LogP contribution >= 0.6 is 0 Å². The molecule has 4 fully saturated rings. The van der Waals surface area contributed by atoms with Gasteiger partial charge >= 0.3 is 0 Å². The van der Waals surface area contributed by atoms with Crippen LogP contribution in [0.15, 0.2) is 29.2 Å². The number of hydrogen-bond donors (Lipinski definition) is 2. The Labute approximate surface area is 217 Å². The summed E-state index contributed by atoms with van der Waals surface area (Å²) in [7, 11) is 0. The predicted octanol–water partition coefficient (Wildman–Crippen LogP) is 4.00. The number of rotatable bonds is 5. The first kappa shape index (κ1) is 23.6. The second-order valence-corrected chi connectivity index (χ2v) is 12.0. The number of aliphatic hydroxyl groups excluding tert-OH is 1. The van der Waals surface area contributed by atoms with Crippen LogP contribution in [0.4, 0.5) is 5.95 Å². The minimum atomic E-state index is -0.272. The van der Waals surface area contributed by atoms with Gasteiger partial charge in [0.25, 0.3) is 5.56 Å². The highest BCUT2D eigenvalue weighted by molar-refractivity contribution is 6.04. The topological polar surface area (TPSA) is 92.5 Å². The zero-order chi connectivity index (χ0) is 25.0. The summed E-state index contributed by atoms with van der Waals surface area (Å²) in [6.45, 7) is 4.86. The van der Waals surface area contributed by atoms with E-state index in [0.29, 0.717) is 23.1 Å². The minimum absolute atomic E-state index is 0.0308. The van der Waals surface area contributed by atoms with Crippen LogP contribution in [0, 0.1) is 5.41 Å². The van der Waals surface area contributed by atoms with Gasteiger partial charge in [0.15, 0.2) is 0 Å². The van der Waals surface area contributed by atoms with Crippen LogP contribution in [0.5, 0.6) is 0 Å². The molecule has 7 rings (SSSR count). The number of benzene rings is 1. The molecular formula is C29H37N5O3. The minimum Gasteiger partial charge on any atom is -0.393 e. The Morgan fingerprint density at radius 3 is 2.49 bits per heavy atom. The van der Waals surface area contributed by atoms with E-state index in [1.165, 1.54) is 24.8 Å². The van der Waals surface area contributed by atoms with Gasteiger partial charge in [-0.25, -0.2) is 4.98 Å². The van der Waals surface area contributed by atoms with Crippen molar-refractivity contribution in [1.29, 1.82) is 0 Å². The zero-order valence-electron chi connectivity index (χ0n) is 21.5. The van der Waals surface area contributed by atoms with E-state index in [1.54, 1.807) is 0 Å². The number of aliphatic hydroxyl groups is 1. The molecule has 2 saturated carbocycles. The quantitative estimate of drug-likeness (QED) is 0.509. The largest absolute Gasteiger partial charge is 0.393 e. The van der Waals surface area contributed by atoms with Crippen molar-refractivity contribution < 1.29 is 9.84 Å². The molecular weight excluding hydrogens is 466 g/mol. The summed E-state index contributed by atoms with van der Waals surface area (Å²) in [6, 6.07) is 6.83. The molecule has 0 radical (unpaired) electrons. The van der Waals surface area contributed by atoms with Gasteiger partial charge in [-0.2, -0.15) is 4.98 Å². The number of likely N-dealkylation sites (tertiary alicyclic amines) is 1. The van der Waals surface area contributed by atoms with Gasteiger partial charge in [-0.3, -0.25) is 14.3 Å². The SMILES string of the molecule is O=c1c2cc(CN3CCC4(CC3)COC4)ccc2c2cnc(NC3CCC3)nc2n1[C@H]1CC[C@H](O)CC1. The van der Waals surface area contributed by atoms with Crippen molar-refractivity contribution >= 4 is 27.8 Å². The molecule has 1 aromatic carbocycles. The van der Waals surface area contributed by atoms with Crippen LogP contribution in [0.3, 0.4) is 0 Å². The lowest BCUT2D eigenvalue weighted by atomic mass is 9.77. The lowest BCUT2D eigenvalue weighted by molar-refractivity contribution is -0.140. The molecule has 8 nitrogen and oxygen atoms in total. The molecule has 37 heavy (non-hydrogen) atoms. The number of piperidine rings is 1. The van der Waals surface area contributed by atoms with E-state index in [2.05, 4.69) is 33.4 Å². The second-order valence-electron chi connectivity index (χ2n) is 12.0. The molecule has 2 N–H and O–H groups in total. The fourth-order valence-corrected chi connectivity index (χ4v) is 6.66. The molecule has 3 aromatic rings. The third kappa shape index (κ3) is 4.33. The monoisotopic (exact) mass is 503 g/mol. The van der Waals surface area contributed by atoms with Crippen molar-refractivity contribution in [2.75, 3.05) is 31.6 Å². The predicted molar refractivity (Wildman–Crippen MR) is 144 cm³/mol. The van der Waals surface area contributed by atoms with Crippen molar-refractivity contribution in [2.45, 2.75) is 82.5 Å². The Bertz CT molecular complexity index is 1360. The van der Waals surface area contributed by atoms with Crippen LogP contribution in [-0.2, 0) is 11.3 Å². The first-order chi connectivity index (χ1) is 18.1. The Morgan fingerprint density at radius 2 is 1.81 bits per heavy atom. The van der Waals surface area contributed by atoms with Gasteiger partial charge in [0.2, 0.25) is 5.95 Å². The summed E-state index contributed by atoms with van der Waals surface area (Å²) in [6.07, 6.45) is 10.5. The molecule has 2 aliphatic heterocycles. The number of pyridine rings is 1. The standard InChI is InChI=1S/C29H37N5O3/c35-22-7-5-21(6-8-22)34-26-25(15-30-28(32-26)31-20-2-1-3-20)23-9-4-19(14-24(23)27(34)36)16-33-12-10-29(11-13-33)17-37-18-29/h4,9,14-15,20-22,35H,1-3,5-8,10-13,16-18H2,(H,30,31,32)/t21-,22-. The number of nitrogens with zero attached hydrogens (tertiary/aromatic N) is 4. The fraction of sp³-hybridized carbons (Fsp3) is 0.621. The Morgan fingerprint density at radius 1 is 1.03 bits per heavy atom. The number of ether oxygens (including phenoxy) is 1. The Balaban J connectivity index is 1.26. The first-order valence-corrected chi connectivity index (χ1v) is 14.2.